The van der Waals surface area contributed by atoms with Crippen molar-refractivity contribution < 1.29 is 24.2 Å². The fraction of sp³-hybridized carbons (Fsp3) is 0.0909. The van der Waals surface area contributed by atoms with E-state index in [1.807, 2.05) is 23.6 Å². The van der Waals surface area contributed by atoms with Gasteiger partial charge in [0.15, 0.2) is 5.78 Å². The van der Waals surface area contributed by atoms with Gasteiger partial charge in [-0.2, -0.15) is 0 Å². The standard InChI is InChI=1S/C22H18O5S/c1-26-19-13-20(27-2)17(21-7-4-10-28-21)12-15(19)8-9-18(23)14-5-3-6-16(11-14)22(24)25/h3-13H,1-2H3,(H,24,25)/b9-8+. The number of carboxylic acids is 1. The third-order valence-electron chi connectivity index (χ3n) is 4.15. The van der Waals surface area contributed by atoms with Crippen LogP contribution in [0, 0.1) is 0 Å². The fourth-order valence-corrected chi connectivity index (χ4v) is 3.49. The maximum Gasteiger partial charge on any atom is 0.335 e. The lowest BCUT2D eigenvalue weighted by Crippen LogP contribution is -2.00. The number of carboxylic acid groups (broad SMARTS) is 1. The van der Waals surface area contributed by atoms with E-state index in [4.69, 9.17) is 14.6 Å². The van der Waals surface area contributed by atoms with E-state index in [1.54, 1.807) is 49.8 Å². The highest BCUT2D eigenvalue weighted by Crippen LogP contribution is 2.38. The summed E-state index contributed by atoms with van der Waals surface area (Å²) in [6.45, 7) is 0. The largest absolute Gasteiger partial charge is 0.496 e. The lowest BCUT2D eigenvalue weighted by Gasteiger charge is -2.12. The number of hydrogen-bond donors (Lipinski definition) is 1. The summed E-state index contributed by atoms with van der Waals surface area (Å²) in [5, 5.41) is 11.1. The van der Waals surface area contributed by atoms with Crippen LogP contribution >= 0.6 is 11.3 Å². The first kappa shape index (κ1) is 19.4. The summed E-state index contributed by atoms with van der Waals surface area (Å²) in [6.07, 6.45) is 3.06. The zero-order valence-corrected chi connectivity index (χ0v) is 16.2. The highest BCUT2D eigenvalue weighted by Gasteiger charge is 2.13. The molecule has 0 saturated carbocycles. The highest BCUT2D eigenvalue weighted by molar-refractivity contribution is 7.13. The minimum atomic E-state index is -1.07. The van der Waals surface area contributed by atoms with Gasteiger partial charge in [0.1, 0.15) is 11.5 Å². The van der Waals surface area contributed by atoms with Gasteiger partial charge >= 0.3 is 5.97 Å². The monoisotopic (exact) mass is 394 g/mol. The first-order valence-corrected chi connectivity index (χ1v) is 9.27. The molecule has 1 heterocycles. The first-order chi connectivity index (χ1) is 13.5. The molecule has 5 nitrogen and oxygen atoms in total. The Bertz CT molecular complexity index is 1040. The van der Waals surface area contributed by atoms with Crippen LogP contribution in [0.25, 0.3) is 16.5 Å². The van der Waals surface area contributed by atoms with E-state index in [0.717, 1.165) is 16.0 Å². The van der Waals surface area contributed by atoms with Crippen molar-refractivity contribution in [2.24, 2.45) is 0 Å². The van der Waals surface area contributed by atoms with Crippen LogP contribution in [0.3, 0.4) is 0 Å². The van der Waals surface area contributed by atoms with Crippen LogP contribution in [0.1, 0.15) is 26.3 Å². The molecular formula is C22H18O5S. The molecule has 0 aliphatic carbocycles. The van der Waals surface area contributed by atoms with Gasteiger partial charge in [-0.25, -0.2) is 4.79 Å². The molecule has 0 fully saturated rings. The Morgan fingerprint density at radius 2 is 1.71 bits per heavy atom. The van der Waals surface area contributed by atoms with Gasteiger partial charge < -0.3 is 14.6 Å². The van der Waals surface area contributed by atoms with Crippen LogP contribution in [0.15, 0.2) is 60.0 Å². The number of hydrogen-bond acceptors (Lipinski definition) is 5. The second-order valence-corrected chi connectivity index (χ2v) is 6.80. The molecule has 2 aromatic carbocycles. The smallest absolute Gasteiger partial charge is 0.335 e. The van der Waals surface area contributed by atoms with Crippen molar-refractivity contribution >= 4 is 29.2 Å². The van der Waals surface area contributed by atoms with Gasteiger partial charge in [0, 0.05) is 27.6 Å². The lowest BCUT2D eigenvalue weighted by molar-refractivity contribution is 0.0697. The molecule has 0 radical (unpaired) electrons. The number of carbonyl (C=O) groups is 2. The van der Waals surface area contributed by atoms with Gasteiger partial charge in [0.05, 0.1) is 19.8 Å². The van der Waals surface area contributed by atoms with E-state index >= 15 is 0 Å². The molecule has 0 unspecified atom stereocenters. The lowest BCUT2D eigenvalue weighted by atomic mass is 10.0. The molecule has 3 rings (SSSR count). The van der Waals surface area contributed by atoms with Crippen molar-refractivity contribution in [2.45, 2.75) is 0 Å². The van der Waals surface area contributed by atoms with Crippen molar-refractivity contribution in [3.63, 3.8) is 0 Å². The number of methoxy groups -OCH3 is 2. The number of ketones is 1. The Morgan fingerprint density at radius 3 is 2.36 bits per heavy atom. The molecule has 142 valence electrons. The number of carbonyl (C=O) groups excluding carboxylic acids is 1. The van der Waals surface area contributed by atoms with Crippen molar-refractivity contribution in [3.8, 4) is 21.9 Å². The molecule has 28 heavy (non-hydrogen) atoms. The average molecular weight is 394 g/mol. The zero-order valence-electron chi connectivity index (χ0n) is 15.3. The number of benzene rings is 2. The molecular weight excluding hydrogens is 376 g/mol. The summed E-state index contributed by atoms with van der Waals surface area (Å²) in [5.41, 5.74) is 2.00. The van der Waals surface area contributed by atoms with Gasteiger partial charge in [0.2, 0.25) is 0 Å². The van der Waals surface area contributed by atoms with Gasteiger partial charge in [-0.15, -0.1) is 11.3 Å². The van der Waals surface area contributed by atoms with Crippen molar-refractivity contribution in [1.82, 2.24) is 0 Å². The van der Waals surface area contributed by atoms with E-state index in [1.165, 1.54) is 18.2 Å². The molecule has 1 N–H and O–H groups in total. The van der Waals surface area contributed by atoms with Crippen molar-refractivity contribution in [3.05, 3.63) is 76.7 Å². The van der Waals surface area contributed by atoms with Gasteiger partial charge in [-0.05, 0) is 41.8 Å². The Balaban J connectivity index is 1.96. The normalized spacial score (nSPS) is 10.8. The molecule has 1 aromatic heterocycles. The maximum atomic E-state index is 12.5. The number of aromatic carboxylic acids is 1. The van der Waals surface area contributed by atoms with Crippen molar-refractivity contribution in [1.29, 1.82) is 0 Å². The van der Waals surface area contributed by atoms with E-state index in [0.29, 0.717) is 17.1 Å². The highest BCUT2D eigenvalue weighted by atomic mass is 32.1. The van der Waals surface area contributed by atoms with E-state index in [-0.39, 0.29) is 11.3 Å². The molecule has 0 aliphatic rings. The molecule has 0 spiro atoms. The van der Waals surface area contributed by atoms with Crippen LogP contribution in [-0.4, -0.2) is 31.1 Å². The average Bonchev–Trinajstić information content (AvgIpc) is 3.26. The summed E-state index contributed by atoms with van der Waals surface area (Å²) < 4.78 is 10.9. The Kier molecular flexibility index (Phi) is 5.91. The van der Waals surface area contributed by atoms with Crippen LogP contribution in [0.4, 0.5) is 0 Å². The molecule has 0 amide bonds. The van der Waals surface area contributed by atoms with Crippen LogP contribution in [0.2, 0.25) is 0 Å². The molecule has 0 saturated heterocycles. The molecule has 0 aliphatic heterocycles. The topological polar surface area (TPSA) is 72.8 Å². The van der Waals surface area contributed by atoms with Gasteiger partial charge in [0.25, 0.3) is 0 Å². The fourth-order valence-electron chi connectivity index (χ4n) is 2.75. The minimum absolute atomic E-state index is 0.0706. The Morgan fingerprint density at radius 1 is 0.964 bits per heavy atom. The number of rotatable bonds is 7. The van der Waals surface area contributed by atoms with Gasteiger partial charge in [-0.3, -0.25) is 4.79 Å². The predicted octanol–water partition coefficient (Wildman–Crippen LogP) is 5.03. The SMILES string of the molecule is COc1cc(OC)c(-c2cccs2)cc1/C=C/C(=O)c1cccc(C(=O)O)c1. The summed E-state index contributed by atoms with van der Waals surface area (Å²) in [6, 6.07) is 13.6. The minimum Gasteiger partial charge on any atom is -0.496 e. The van der Waals surface area contributed by atoms with Crippen molar-refractivity contribution in [2.75, 3.05) is 14.2 Å². The second kappa shape index (κ2) is 8.54. The zero-order chi connectivity index (χ0) is 20.1. The second-order valence-electron chi connectivity index (χ2n) is 5.86. The summed E-state index contributed by atoms with van der Waals surface area (Å²) >= 11 is 1.59. The Hall–Kier alpha value is -3.38. The maximum absolute atomic E-state index is 12.5. The number of allylic oxidation sites excluding steroid dienone is 1. The van der Waals surface area contributed by atoms with Crippen LogP contribution in [0.5, 0.6) is 11.5 Å². The third-order valence-corrected chi connectivity index (χ3v) is 5.05. The number of thiophene rings is 1. The summed E-state index contributed by atoms with van der Waals surface area (Å²) in [5.74, 6) is -0.118. The quantitative estimate of drug-likeness (QED) is 0.450. The predicted molar refractivity (Wildman–Crippen MR) is 110 cm³/mol. The number of ether oxygens (including phenoxy) is 2. The summed E-state index contributed by atoms with van der Waals surface area (Å²) in [4.78, 5) is 24.6. The Labute approximate surface area is 166 Å². The molecule has 0 atom stereocenters. The summed E-state index contributed by atoms with van der Waals surface area (Å²) in [7, 11) is 3.15. The van der Waals surface area contributed by atoms with Crippen LogP contribution in [-0.2, 0) is 0 Å². The van der Waals surface area contributed by atoms with E-state index in [2.05, 4.69) is 0 Å². The van der Waals surface area contributed by atoms with E-state index in [9.17, 15) is 9.59 Å². The molecule has 6 heteroatoms. The molecule has 0 bridgehead atoms. The van der Waals surface area contributed by atoms with Crippen LogP contribution < -0.4 is 9.47 Å². The van der Waals surface area contributed by atoms with Gasteiger partial charge in [-0.1, -0.05) is 18.2 Å². The third kappa shape index (κ3) is 4.13. The first-order valence-electron chi connectivity index (χ1n) is 8.39. The molecule has 3 aromatic rings. The van der Waals surface area contributed by atoms with E-state index < -0.39 is 5.97 Å².